The van der Waals surface area contributed by atoms with E-state index < -0.39 is 6.04 Å². The number of carbonyl (C=O) groups excluding carboxylic acids is 2. The van der Waals surface area contributed by atoms with Gasteiger partial charge in [-0.2, -0.15) is 0 Å². The van der Waals surface area contributed by atoms with Gasteiger partial charge in [-0.1, -0.05) is 31.0 Å². The molecule has 0 aromatic heterocycles. The number of amides is 2. The van der Waals surface area contributed by atoms with Gasteiger partial charge < -0.3 is 16.0 Å². The van der Waals surface area contributed by atoms with Gasteiger partial charge in [-0.25, -0.2) is 0 Å². The highest BCUT2D eigenvalue weighted by Crippen LogP contribution is 2.43. The summed E-state index contributed by atoms with van der Waals surface area (Å²) in [6.07, 6.45) is 4.32. The molecule has 5 nitrogen and oxygen atoms in total. The van der Waals surface area contributed by atoms with Crippen molar-refractivity contribution in [1.29, 1.82) is 0 Å². The minimum atomic E-state index is -0.541. The molecular formula is C18H25N3O2. The maximum Gasteiger partial charge on any atom is 0.246 e. The summed E-state index contributed by atoms with van der Waals surface area (Å²) >= 11 is 0. The number of para-hydroxylation sites is 1. The van der Waals surface area contributed by atoms with Gasteiger partial charge >= 0.3 is 0 Å². The molecule has 1 aliphatic heterocycles. The van der Waals surface area contributed by atoms with Crippen molar-refractivity contribution in [3.63, 3.8) is 0 Å². The molecule has 0 bridgehead atoms. The average Bonchev–Trinajstić information content (AvgIpc) is 3.01. The Labute approximate surface area is 137 Å². The van der Waals surface area contributed by atoms with Crippen molar-refractivity contribution in [3.8, 4) is 0 Å². The summed E-state index contributed by atoms with van der Waals surface area (Å²) in [5, 5.41) is 9.15. The lowest BCUT2D eigenvalue weighted by Crippen LogP contribution is -2.52. The lowest BCUT2D eigenvalue weighted by atomic mass is 9.67. The molecule has 3 rings (SSSR count). The number of fused-ring (bicyclic) bond motifs is 1. The van der Waals surface area contributed by atoms with Gasteiger partial charge in [-0.05, 0) is 44.4 Å². The molecule has 0 radical (unpaired) electrons. The van der Waals surface area contributed by atoms with Crippen LogP contribution in [-0.4, -0.2) is 30.9 Å². The monoisotopic (exact) mass is 315 g/mol. The van der Waals surface area contributed by atoms with Crippen molar-refractivity contribution in [2.24, 2.45) is 11.3 Å². The first kappa shape index (κ1) is 16.0. The highest BCUT2D eigenvalue weighted by atomic mass is 16.2. The smallest absolute Gasteiger partial charge is 0.246 e. The van der Waals surface area contributed by atoms with E-state index in [1.54, 1.807) is 6.92 Å². The number of rotatable bonds is 4. The average molecular weight is 315 g/mol. The molecule has 1 saturated carbocycles. The SMILES string of the molecule is CC(NC(=O)[C@@]12CCCC[C@H]1CNC2)C(=O)Nc1ccccc1. The van der Waals surface area contributed by atoms with Crippen LogP contribution < -0.4 is 16.0 Å². The Kier molecular flexibility index (Phi) is 4.66. The summed E-state index contributed by atoms with van der Waals surface area (Å²) in [4.78, 5) is 25.1. The van der Waals surface area contributed by atoms with E-state index in [9.17, 15) is 9.59 Å². The van der Waals surface area contributed by atoms with Crippen molar-refractivity contribution < 1.29 is 9.59 Å². The maximum absolute atomic E-state index is 12.8. The van der Waals surface area contributed by atoms with Crippen molar-refractivity contribution in [1.82, 2.24) is 10.6 Å². The fraction of sp³-hybridized carbons (Fsp3) is 0.556. The molecule has 1 heterocycles. The summed E-state index contributed by atoms with van der Waals surface area (Å²) in [5.74, 6) is 0.253. The van der Waals surface area contributed by atoms with Gasteiger partial charge in [0.1, 0.15) is 6.04 Å². The van der Waals surface area contributed by atoms with Crippen LogP contribution in [0, 0.1) is 11.3 Å². The fourth-order valence-electron chi connectivity index (χ4n) is 3.87. The Morgan fingerprint density at radius 3 is 2.83 bits per heavy atom. The minimum absolute atomic E-state index is 0.0305. The van der Waals surface area contributed by atoms with Gasteiger partial charge in [0.25, 0.3) is 0 Å². The zero-order valence-electron chi connectivity index (χ0n) is 13.6. The lowest BCUT2D eigenvalue weighted by molar-refractivity contribution is -0.136. The molecular weight excluding hydrogens is 290 g/mol. The van der Waals surface area contributed by atoms with E-state index in [-0.39, 0.29) is 17.2 Å². The van der Waals surface area contributed by atoms with Crippen molar-refractivity contribution in [2.75, 3.05) is 18.4 Å². The van der Waals surface area contributed by atoms with Crippen LogP contribution in [-0.2, 0) is 9.59 Å². The first-order chi connectivity index (χ1) is 11.1. The lowest BCUT2D eigenvalue weighted by Gasteiger charge is -2.37. The highest BCUT2D eigenvalue weighted by molar-refractivity contribution is 5.97. The van der Waals surface area contributed by atoms with E-state index in [1.165, 1.54) is 6.42 Å². The number of hydrogen-bond acceptors (Lipinski definition) is 3. The summed E-state index contributed by atoms with van der Waals surface area (Å²) in [6, 6.07) is 8.77. The van der Waals surface area contributed by atoms with Crippen LogP contribution in [0.3, 0.4) is 0 Å². The number of nitrogens with one attached hydrogen (secondary N) is 3. The number of hydrogen-bond donors (Lipinski definition) is 3. The number of anilines is 1. The Balaban J connectivity index is 1.61. The second kappa shape index (κ2) is 6.71. The molecule has 3 atom stereocenters. The Bertz CT molecular complexity index is 575. The second-order valence-electron chi connectivity index (χ2n) is 6.78. The highest BCUT2D eigenvalue weighted by Gasteiger charge is 2.50. The first-order valence-corrected chi connectivity index (χ1v) is 8.49. The van der Waals surface area contributed by atoms with Crippen LogP contribution >= 0.6 is 0 Å². The molecule has 2 amide bonds. The molecule has 1 saturated heterocycles. The van der Waals surface area contributed by atoms with E-state index >= 15 is 0 Å². The maximum atomic E-state index is 12.8. The van der Waals surface area contributed by atoms with E-state index in [2.05, 4.69) is 16.0 Å². The number of benzene rings is 1. The normalized spacial score (nSPS) is 27.8. The van der Waals surface area contributed by atoms with Crippen LogP contribution in [0.1, 0.15) is 32.6 Å². The summed E-state index contributed by atoms with van der Waals surface area (Å²) in [6.45, 7) is 3.39. The molecule has 5 heteroatoms. The first-order valence-electron chi connectivity index (χ1n) is 8.49. The molecule has 1 aliphatic carbocycles. The molecule has 1 aromatic rings. The number of carbonyl (C=O) groups is 2. The fourth-order valence-corrected chi connectivity index (χ4v) is 3.87. The molecule has 3 N–H and O–H groups in total. The van der Waals surface area contributed by atoms with Crippen molar-refractivity contribution >= 4 is 17.5 Å². The van der Waals surface area contributed by atoms with E-state index in [0.717, 1.165) is 38.0 Å². The molecule has 1 aromatic carbocycles. The van der Waals surface area contributed by atoms with Crippen LogP contribution in [0.15, 0.2) is 30.3 Å². The van der Waals surface area contributed by atoms with Crippen LogP contribution in [0.25, 0.3) is 0 Å². The predicted molar refractivity (Wildman–Crippen MR) is 89.9 cm³/mol. The van der Waals surface area contributed by atoms with Gasteiger partial charge in [-0.15, -0.1) is 0 Å². The van der Waals surface area contributed by atoms with Gasteiger partial charge in [0.2, 0.25) is 11.8 Å². The minimum Gasteiger partial charge on any atom is -0.344 e. The molecule has 2 fully saturated rings. The molecule has 124 valence electrons. The van der Waals surface area contributed by atoms with E-state index in [1.807, 2.05) is 30.3 Å². The van der Waals surface area contributed by atoms with Crippen molar-refractivity contribution in [2.45, 2.75) is 38.6 Å². The zero-order chi connectivity index (χ0) is 16.3. The third-order valence-corrected chi connectivity index (χ3v) is 5.27. The topological polar surface area (TPSA) is 70.2 Å². The third kappa shape index (κ3) is 3.24. The largest absolute Gasteiger partial charge is 0.344 e. The summed E-state index contributed by atoms with van der Waals surface area (Å²) in [5.41, 5.74) is 0.425. The van der Waals surface area contributed by atoms with Crippen LogP contribution in [0.5, 0.6) is 0 Å². The summed E-state index contributed by atoms with van der Waals surface area (Å²) < 4.78 is 0. The molecule has 0 spiro atoms. The van der Waals surface area contributed by atoms with Crippen LogP contribution in [0.2, 0.25) is 0 Å². The molecule has 2 aliphatic rings. The quantitative estimate of drug-likeness (QED) is 0.795. The molecule has 1 unspecified atom stereocenters. The van der Waals surface area contributed by atoms with Crippen molar-refractivity contribution in [3.05, 3.63) is 30.3 Å². The van der Waals surface area contributed by atoms with Gasteiger partial charge in [0, 0.05) is 12.2 Å². The van der Waals surface area contributed by atoms with Gasteiger partial charge in [0.15, 0.2) is 0 Å². The Morgan fingerprint density at radius 2 is 2.04 bits per heavy atom. The predicted octanol–water partition coefficient (Wildman–Crippen LogP) is 1.91. The van der Waals surface area contributed by atoms with E-state index in [0.29, 0.717) is 5.92 Å². The summed E-state index contributed by atoms with van der Waals surface area (Å²) in [7, 11) is 0. The third-order valence-electron chi connectivity index (χ3n) is 5.27. The van der Waals surface area contributed by atoms with Gasteiger partial charge in [-0.3, -0.25) is 9.59 Å². The van der Waals surface area contributed by atoms with Crippen LogP contribution in [0.4, 0.5) is 5.69 Å². The Morgan fingerprint density at radius 1 is 1.26 bits per heavy atom. The van der Waals surface area contributed by atoms with E-state index in [4.69, 9.17) is 0 Å². The van der Waals surface area contributed by atoms with Gasteiger partial charge in [0.05, 0.1) is 5.41 Å². The Hall–Kier alpha value is -1.88. The second-order valence-corrected chi connectivity index (χ2v) is 6.78. The standard InChI is InChI=1S/C18H25N3O2/c1-13(16(22)21-15-8-3-2-4-9-15)20-17(23)18-10-6-5-7-14(18)11-19-12-18/h2-4,8-9,13-14,19H,5-7,10-12H2,1H3,(H,20,23)(H,21,22)/t13?,14-,18+/m0/s1. The molecule has 23 heavy (non-hydrogen) atoms. The zero-order valence-corrected chi connectivity index (χ0v) is 13.6.